The highest BCUT2D eigenvalue weighted by Gasteiger charge is 2.31. The summed E-state index contributed by atoms with van der Waals surface area (Å²) < 4.78 is 0.397. The van der Waals surface area contributed by atoms with Crippen LogP contribution in [-0.2, 0) is 9.59 Å². The Morgan fingerprint density at radius 2 is 1.87 bits per heavy atom. The fraction of sp³-hybridized carbons (Fsp3) is 0.200. The average Bonchev–Trinajstić information content (AvgIpc) is 2.75. The zero-order chi connectivity index (χ0) is 17.0. The number of carboxylic acid groups (broad SMARTS) is 2. The number of benzene rings is 1. The lowest BCUT2D eigenvalue weighted by Gasteiger charge is -2.13. The molecule has 1 saturated heterocycles. The van der Waals surface area contributed by atoms with Crippen LogP contribution in [0.4, 0.5) is 0 Å². The summed E-state index contributed by atoms with van der Waals surface area (Å²) in [5.74, 6) is -2.18. The molecule has 8 heteroatoms. The minimum atomic E-state index is -1.01. The molecule has 1 amide bonds. The molecule has 1 aliphatic rings. The third-order valence-electron chi connectivity index (χ3n) is 3.10. The highest BCUT2D eigenvalue weighted by atomic mass is 32.2. The second-order valence-electron chi connectivity index (χ2n) is 4.76. The van der Waals surface area contributed by atoms with Gasteiger partial charge in [0.25, 0.3) is 5.91 Å². The van der Waals surface area contributed by atoms with Gasteiger partial charge in [-0.2, -0.15) is 0 Å². The van der Waals surface area contributed by atoms with Crippen LogP contribution in [0, 0.1) is 0 Å². The maximum absolute atomic E-state index is 12.3. The van der Waals surface area contributed by atoms with Crippen molar-refractivity contribution in [1.82, 2.24) is 4.90 Å². The Hall–Kier alpha value is -2.19. The zero-order valence-corrected chi connectivity index (χ0v) is 13.5. The molecular formula is C15H13NO5S2. The molecule has 1 aromatic rings. The predicted molar refractivity (Wildman–Crippen MR) is 90.2 cm³/mol. The number of carboxylic acids is 2. The van der Waals surface area contributed by atoms with Crippen molar-refractivity contribution in [2.75, 3.05) is 6.54 Å². The van der Waals surface area contributed by atoms with E-state index >= 15 is 0 Å². The number of amides is 1. The van der Waals surface area contributed by atoms with Crippen molar-refractivity contribution in [3.63, 3.8) is 0 Å². The molecule has 0 unspecified atom stereocenters. The van der Waals surface area contributed by atoms with E-state index < -0.39 is 11.9 Å². The second kappa shape index (κ2) is 7.38. The van der Waals surface area contributed by atoms with Crippen LogP contribution in [0.25, 0.3) is 6.08 Å². The predicted octanol–water partition coefficient (Wildman–Crippen LogP) is 2.45. The Morgan fingerprint density at radius 3 is 2.43 bits per heavy atom. The molecule has 0 aliphatic carbocycles. The van der Waals surface area contributed by atoms with Gasteiger partial charge in [0.1, 0.15) is 4.32 Å². The van der Waals surface area contributed by atoms with E-state index in [-0.39, 0.29) is 24.4 Å². The summed E-state index contributed by atoms with van der Waals surface area (Å²) in [6.45, 7) is 0.270. The Bertz CT molecular complexity index is 696. The highest BCUT2D eigenvalue weighted by Crippen LogP contribution is 2.32. The summed E-state index contributed by atoms with van der Waals surface area (Å²) in [5.41, 5.74) is 0.865. The summed E-state index contributed by atoms with van der Waals surface area (Å²) in [7, 11) is 0. The number of aliphatic carboxylic acids is 1. The van der Waals surface area contributed by atoms with E-state index in [2.05, 4.69) is 0 Å². The molecule has 0 aromatic heterocycles. The van der Waals surface area contributed by atoms with Crippen molar-refractivity contribution in [2.24, 2.45) is 0 Å². The van der Waals surface area contributed by atoms with Crippen molar-refractivity contribution in [3.8, 4) is 0 Å². The van der Waals surface area contributed by atoms with Gasteiger partial charge in [-0.15, -0.1) is 0 Å². The van der Waals surface area contributed by atoms with Gasteiger partial charge >= 0.3 is 11.9 Å². The first-order chi connectivity index (χ1) is 10.9. The molecule has 0 saturated carbocycles. The number of thioether (sulfide) groups is 1. The van der Waals surface area contributed by atoms with Crippen LogP contribution in [0.3, 0.4) is 0 Å². The van der Waals surface area contributed by atoms with Gasteiger partial charge < -0.3 is 10.2 Å². The van der Waals surface area contributed by atoms with Gasteiger partial charge in [-0.05, 0) is 30.2 Å². The molecule has 1 heterocycles. The van der Waals surface area contributed by atoms with Crippen molar-refractivity contribution in [1.29, 1.82) is 0 Å². The fourth-order valence-electron chi connectivity index (χ4n) is 1.95. The molecular weight excluding hydrogens is 338 g/mol. The van der Waals surface area contributed by atoms with Gasteiger partial charge in [-0.1, -0.05) is 36.1 Å². The molecule has 0 spiro atoms. The van der Waals surface area contributed by atoms with Gasteiger partial charge in [-0.25, -0.2) is 4.79 Å². The normalized spacial score (nSPS) is 16.2. The zero-order valence-electron chi connectivity index (χ0n) is 11.9. The smallest absolute Gasteiger partial charge is 0.335 e. The van der Waals surface area contributed by atoms with Crippen LogP contribution in [-0.4, -0.2) is 43.8 Å². The molecule has 6 nitrogen and oxygen atoms in total. The lowest BCUT2D eigenvalue weighted by atomic mass is 10.1. The van der Waals surface area contributed by atoms with E-state index in [4.69, 9.17) is 22.4 Å². The Morgan fingerprint density at radius 1 is 1.22 bits per heavy atom. The molecule has 0 bridgehead atoms. The molecule has 2 rings (SSSR count). The second-order valence-corrected chi connectivity index (χ2v) is 6.43. The molecule has 120 valence electrons. The number of aromatic carboxylic acids is 1. The number of hydrogen-bond acceptors (Lipinski definition) is 5. The summed E-state index contributed by atoms with van der Waals surface area (Å²) in [6.07, 6.45) is 1.96. The number of hydrogen-bond donors (Lipinski definition) is 2. The number of carbonyl (C=O) groups excluding carboxylic acids is 1. The van der Waals surface area contributed by atoms with Gasteiger partial charge in [0.15, 0.2) is 0 Å². The summed E-state index contributed by atoms with van der Waals surface area (Å²) >= 11 is 6.30. The third-order valence-corrected chi connectivity index (χ3v) is 4.48. The first kappa shape index (κ1) is 17.2. The minimum absolute atomic E-state index is 0.0211. The lowest BCUT2D eigenvalue weighted by Crippen LogP contribution is -2.29. The van der Waals surface area contributed by atoms with Crippen LogP contribution in [0.1, 0.15) is 28.8 Å². The SMILES string of the molecule is O=C(O)CCCN1C(=O)/C(=C/c2ccc(C(=O)O)cc2)SC1=S. The molecule has 1 fully saturated rings. The first-order valence-corrected chi connectivity index (χ1v) is 7.91. The molecule has 1 aromatic carbocycles. The van der Waals surface area contributed by atoms with E-state index in [1.165, 1.54) is 17.0 Å². The maximum atomic E-state index is 12.3. The molecule has 2 N–H and O–H groups in total. The number of thiocarbonyl (C=S) groups is 1. The monoisotopic (exact) mass is 351 g/mol. The molecule has 0 atom stereocenters. The van der Waals surface area contributed by atoms with Gasteiger partial charge in [0, 0.05) is 13.0 Å². The van der Waals surface area contributed by atoms with Gasteiger partial charge in [-0.3, -0.25) is 14.5 Å². The average molecular weight is 351 g/mol. The quantitative estimate of drug-likeness (QED) is 0.600. The van der Waals surface area contributed by atoms with E-state index in [0.717, 1.165) is 11.8 Å². The van der Waals surface area contributed by atoms with Crippen LogP contribution < -0.4 is 0 Å². The van der Waals surface area contributed by atoms with Gasteiger partial charge in [0.2, 0.25) is 0 Å². The van der Waals surface area contributed by atoms with E-state index in [1.807, 2.05) is 0 Å². The summed E-state index contributed by atoms with van der Waals surface area (Å²) in [5, 5.41) is 17.5. The topological polar surface area (TPSA) is 94.9 Å². The maximum Gasteiger partial charge on any atom is 0.335 e. The molecule has 1 aliphatic heterocycles. The van der Waals surface area contributed by atoms with Crippen molar-refractivity contribution < 1.29 is 24.6 Å². The van der Waals surface area contributed by atoms with Crippen LogP contribution in [0.2, 0.25) is 0 Å². The fourth-order valence-corrected chi connectivity index (χ4v) is 3.26. The van der Waals surface area contributed by atoms with E-state index in [1.54, 1.807) is 18.2 Å². The Kier molecular flexibility index (Phi) is 5.51. The number of rotatable bonds is 6. The summed E-state index contributed by atoms with van der Waals surface area (Å²) in [6, 6.07) is 6.14. The number of carbonyl (C=O) groups is 3. The van der Waals surface area contributed by atoms with E-state index in [9.17, 15) is 14.4 Å². The van der Waals surface area contributed by atoms with Gasteiger partial charge in [0.05, 0.1) is 10.5 Å². The Labute approximate surface area is 141 Å². The van der Waals surface area contributed by atoms with Crippen LogP contribution >= 0.6 is 24.0 Å². The van der Waals surface area contributed by atoms with E-state index in [0.29, 0.717) is 21.2 Å². The van der Waals surface area contributed by atoms with Crippen molar-refractivity contribution in [2.45, 2.75) is 12.8 Å². The molecule has 23 heavy (non-hydrogen) atoms. The largest absolute Gasteiger partial charge is 0.481 e. The minimum Gasteiger partial charge on any atom is -0.481 e. The third kappa shape index (κ3) is 4.40. The Balaban J connectivity index is 2.08. The lowest BCUT2D eigenvalue weighted by molar-refractivity contribution is -0.137. The highest BCUT2D eigenvalue weighted by molar-refractivity contribution is 8.26. The van der Waals surface area contributed by atoms with Crippen molar-refractivity contribution in [3.05, 3.63) is 40.3 Å². The first-order valence-electron chi connectivity index (χ1n) is 6.69. The summed E-state index contributed by atoms with van der Waals surface area (Å²) in [4.78, 5) is 35.4. The van der Waals surface area contributed by atoms with Crippen molar-refractivity contribution >= 4 is 52.2 Å². The van der Waals surface area contributed by atoms with Crippen LogP contribution in [0.5, 0.6) is 0 Å². The molecule has 0 radical (unpaired) electrons. The van der Waals surface area contributed by atoms with Crippen LogP contribution in [0.15, 0.2) is 29.2 Å². The number of nitrogens with zero attached hydrogens (tertiary/aromatic N) is 1. The standard InChI is InChI=1S/C15H13NO5S2/c17-12(18)2-1-7-16-13(19)11(23-15(16)22)8-9-3-5-10(6-4-9)14(20)21/h3-6,8H,1-2,7H2,(H,17,18)(H,20,21)/b11-8-.